The van der Waals surface area contributed by atoms with Crippen molar-refractivity contribution < 1.29 is 0 Å². The Balaban J connectivity index is 2.41. The molecule has 0 saturated carbocycles. The minimum absolute atomic E-state index is 0.502. The van der Waals surface area contributed by atoms with Crippen LogP contribution in [0.4, 0.5) is 0 Å². The lowest BCUT2D eigenvalue weighted by molar-refractivity contribution is 0.959. The van der Waals surface area contributed by atoms with E-state index >= 15 is 0 Å². The van der Waals surface area contributed by atoms with Crippen molar-refractivity contribution in [1.29, 1.82) is 0 Å². The maximum Gasteiger partial charge on any atom is 0.0549 e. The zero-order valence-electron chi connectivity index (χ0n) is 10.7. The van der Waals surface area contributed by atoms with Crippen LogP contribution in [0.15, 0.2) is 48.5 Å². The Kier molecular flexibility index (Phi) is 3.05. The molecule has 0 fully saturated rings. The molecule has 0 spiro atoms. The first-order valence-electron chi connectivity index (χ1n) is 6.25. The first kappa shape index (κ1) is 12.3. The molecule has 0 unspecified atom stereocenters. The molecule has 2 aromatic carbocycles. The fraction of sp³-hybridized carbons (Fsp3) is 0.125. The predicted octanol–water partition coefficient (Wildman–Crippen LogP) is 3.96. The molecule has 96 valence electrons. The van der Waals surface area contributed by atoms with E-state index in [2.05, 4.69) is 23.7 Å². The average molecular weight is 271 g/mol. The summed E-state index contributed by atoms with van der Waals surface area (Å²) in [6.45, 7) is 0.502. The number of para-hydroxylation sites is 1. The fourth-order valence-electron chi connectivity index (χ4n) is 2.67. The minimum Gasteiger partial charge on any atom is -0.343 e. The Hall–Kier alpha value is -1.77. The van der Waals surface area contributed by atoms with Gasteiger partial charge in [-0.2, -0.15) is 0 Å². The molecule has 2 nitrogen and oxygen atoms in total. The van der Waals surface area contributed by atoms with Crippen LogP contribution in [0.5, 0.6) is 0 Å². The van der Waals surface area contributed by atoms with Crippen molar-refractivity contribution in [2.24, 2.45) is 12.8 Å². The summed E-state index contributed by atoms with van der Waals surface area (Å²) >= 11 is 6.33. The molecule has 0 aliphatic heterocycles. The number of rotatable bonds is 2. The highest BCUT2D eigenvalue weighted by Gasteiger charge is 2.16. The van der Waals surface area contributed by atoms with E-state index in [1.54, 1.807) is 0 Å². The number of halogens is 1. The van der Waals surface area contributed by atoms with Gasteiger partial charge in [0.25, 0.3) is 0 Å². The van der Waals surface area contributed by atoms with Gasteiger partial charge in [-0.05, 0) is 17.7 Å². The van der Waals surface area contributed by atoms with Gasteiger partial charge >= 0.3 is 0 Å². The number of benzene rings is 2. The summed E-state index contributed by atoms with van der Waals surface area (Å²) in [6.07, 6.45) is 0. The van der Waals surface area contributed by atoms with Gasteiger partial charge in [0.2, 0.25) is 0 Å². The maximum atomic E-state index is 6.33. The largest absolute Gasteiger partial charge is 0.343 e. The van der Waals surface area contributed by atoms with Gasteiger partial charge in [0.15, 0.2) is 0 Å². The highest BCUT2D eigenvalue weighted by Crippen LogP contribution is 2.36. The molecule has 19 heavy (non-hydrogen) atoms. The second-order valence-electron chi connectivity index (χ2n) is 4.59. The zero-order chi connectivity index (χ0) is 13.4. The molecule has 0 bridgehead atoms. The van der Waals surface area contributed by atoms with Crippen molar-refractivity contribution in [3.8, 4) is 11.3 Å². The van der Waals surface area contributed by atoms with Crippen LogP contribution in [0.1, 0.15) is 5.56 Å². The summed E-state index contributed by atoms with van der Waals surface area (Å²) in [7, 11) is 2.06. The predicted molar refractivity (Wildman–Crippen MR) is 81.3 cm³/mol. The van der Waals surface area contributed by atoms with Crippen LogP contribution < -0.4 is 5.73 Å². The molecule has 0 aliphatic rings. The molecule has 2 N–H and O–H groups in total. The molecule has 0 amide bonds. The average Bonchev–Trinajstić information content (AvgIpc) is 2.73. The van der Waals surface area contributed by atoms with Gasteiger partial charge in [0.05, 0.1) is 5.69 Å². The Morgan fingerprint density at radius 1 is 1.05 bits per heavy atom. The van der Waals surface area contributed by atoms with Crippen molar-refractivity contribution in [3.63, 3.8) is 0 Å². The van der Waals surface area contributed by atoms with Crippen LogP contribution >= 0.6 is 11.6 Å². The summed E-state index contributed by atoms with van der Waals surface area (Å²) in [4.78, 5) is 0. The summed E-state index contributed by atoms with van der Waals surface area (Å²) in [6, 6.07) is 16.2. The van der Waals surface area contributed by atoms with E-state index < -0.39 is 0 Å². The number of aromatic nitrogens is 1. The van der Waals surface area contributed by atoms with E-state index in [1.165, 1.54) is 10.9 Å². The standard InChI is InChI=1S/C16H15ClN2/c1-19-15-9-5-3-6-11(15)13(10-18)16(19)12-7-2-4-8-14(12)17/h2-9H,10,18H2,1H3. The van der Waals surface area contributed by atoms with E-state index in [9.17, 15) is 0 Å². The van der Waals surface area contributed by atoms with E-state index in [0.29, 0.717) is 6.54 Å². The number of hydrogen-bond donors (Lipinski definition) is 1. The Morgan fingerprint density at radius 3 is 2.47 bits per heavy atom. The van der Waals surface area contributed by atoms with Crippen LogP contribution in [0.25, 0.3) is 22.2 Å². The third kappa shape index (κ3) is 1.84. The summed E-state index contributed by atoms with van der Waals surface area (Å²) in [5.41, 5.74) is 10.4. The SMILES string of the molecule is Cn1c(-c2ccccc2Cl)c(CN)c2ccccc21. The van der Waals surface area contributed by atoms with Gasteiger partial charge in [-0.1, -0.05) is 48.0 Å². The van der Waals surface area contributed by atoms with Crippen molar-refractivity contribution in [1.82, 2.24) is 4.57 Å². The third-order valence-electron chi connectivity index (χ3n) is 3.54. The number of hydrogen-bond acceptors (Lipinski definition) is 1. The summed E-state index contributed by atoms with van der Waals surface area (Å²) in [5.74, 6) is 0. The van der Waals surface area contributed by atoms with E-state index in [1.807, 2.05) is 36.4 Å². The zero-order valence-corrected chi connectivity index (χ0v) is 11.5. The molecule has 0 saturated heterocycles. The lowest BCUT2D eigenvalue weighted by atomic mass is 10.1. The molecule has 0 radical (unpaired) electrons. The van der Waals surface area contributed by atoms with Crippen LogP contribution in [-0.2, 0) is 13.6 Å². The molecular weight excluding hydrogens is 256 g/mol. The molecule has 0 atom stereocenters. The topological polar surface area (TPSA) is 30.9 Å². The Labute approximate surface area is 117 Å². The Bertz CT molecular complexity index is 744. The van der Waals surface area contributed by atoms with Crippen LogP contribution in [0, 0.1) is 0 Å². The van der Waals surface area contributed by atoms with Crippen LogP contribution in [-0.4, -0.2) is 4.57 Å². The van der Waals surface area contributed by atoms with Crippen LogP contribution in [0.3, 0.4) is 0 Å². The van der Waals surface area contributed by atoms with Gasteiger partial charge in [-0.25, -0.2) is 0 Å². The third-order valence-corrected chi connectivity index (χ3v) is 3.87. The first-order chi connectivity index (χ1) is 9.24. The van der Waals surface area contributed by atoms with E-state index in [4.69, 9.17) is 17.3 Å². The van der Waals surface area contributed by atoms with Gasteiger partial charge < -0.3 is 10.3 Å². The van der Waals surface area contributed by atoms with Gasteiger partial charge in [-0.3, -0.25) is 0 Å². The number of nitrogens with two attached hydrogens (primary N) is 1. The number of aryl methyl sites for hydroxylation is 1. The molecular formula is C16H15ClN2. The second-order valence-corrected chi connectivity index (χ2v) is 4.99. The fourth-order valence-corrected chi connectivity index (χ4v) is 2.90. The van der Waals surface area contributed by atoms with E-state index in [-0.39, 0.29) is 0 Å². The number of fused-ring (bicyclic) bond motifs is 1. The van der Waals surface area contributed by atoms with Crippen molar-refractivity contribution >= 4 is 22.5 Å². The highest BCUT2D eigenvalue weighted by atomic mass is 35.5. The van der Waals surface area contributed by atoms with Gasteiger partial charge in [0.1, 0.15) is 0 Å². The quantitative estimate of drug-likeness (QED) is 0.751. The maximum absolute atomic E-state index is 6.33. The smallest absolute Gasteiger partial charge is 0.0549 e. The second kappa shape index (κ2) is 4.72. The van der Waals surface area contributed by atoms with Crippen molar-refractivity contribution in [2.75, 3.05) is 0 Å². The molecule has 3 rings (SSSR count). The summed E-state index contributed by atoms with van der Waals surface area (Å²) < 4.78 is 2.17. The van der Waals surface area contributed by atoms with Gasteiger partial charge in [-0.15, -0.1) is 0 Å². The molecule has 1 heterocycles. The van der Waals surface area contributed by atoms with Crippen molar-refractivity contribution in [2.45, 2.75) is 6.54 Å². The van der Waals surface area contributed by atoms with Crippen molar-refractivity contribution in [3.05, 3.63) is 59.1 Å². The lowest BCUT2D eigenvalue weighted by Crippen LogP contribution is -2.00. The van der Waals surface area contributed by atoms with Crippen LogP contribution in [0.2, 0.25) is 5.02 Å². The lowest BCUT2D eigenvalue weighted by Gasteiger charge is -2.09. The normalized spacial score (nSPS) is 11.1. The molecule has 0 aliphatic carbocycles. The van der Waals surface area contributed by atoms with E-state index in [0.717, 1.165) is 21.8 Å². The molecule has 3 heteroatoms. The molecule has 3 aromatic rings. The minimum atomic E-state index is 0.502. The monoisotopic (exact) mass is 270 g/mol. The first-order valence-corrected chi connectivity index (χ1v) is 6.63. The summed E-state index contributed by atoms with van der Waals surface area (Å²) in [5, 5.41) is 1.95. The molecule has 1 aromatic heterocycles. The van der Waals surface area contributed by atoms with Gasteiger partial charge in [0, 0.05) is 35.1 Å². The number of nitrogens with zero attached hydrogens (tertiary/aromatic N) is 1. The Morgan fingerprint density at radius 2 is 1.74 bits per heavy atom. The highest BCUT2D eigenvalue weighted by molar-refractivity contribution is 6.33.